The second-order valence-electron chi connectivity index (χ2n) is 6.41. The lowest BCUT2D eigenvalue weighted by atomic mass is 10.2. The van der Waals surface area contributed by atoms with Gasteiger partial charge in [-0.3, -0.25) is 0 Å². The molecule has 0 amide bonds. The van der Waals surface area contributed by atoms with Crippen LogP contribution in [0.3, 0.4) is 0 Å². The summed E-state index contributed by atoms with van der Waals surface area (Å²) in [7, 11) is -1.97. The smallest absolute Gasteiger partial charge is 0.343 e. The Morgan fingerprint density at radius 1 is 0.852 bits per heavy atom. The molecular formula is C20H23NO5S. The summed E-state index contributed by atoms with van der Waals surface area (Å²) in [5, 5.41) is 0. The fraction of sp³-hybridized carbons (Fsp3) is 0.350. The third-order valence-corrected chi connectivity index (χ3v) is 6.48. The fourth-order valence-electron chi connectivity index (χ4n) is 3.00. The molecule has 0 radical (unpaired) electrons. The second kappa shape index (κ2) is 8.54. The molecule has 1 aliphatic heterocycles. The standard InChI is InChI=1S/C20H23NO5S/c1-25-17-8-10-18(11-9-17)26-20(22)16-6-12-19(13-7-16)27(23,24)21-14-4-2-3-5-15-21/h6-13H,2-5,14-15H2,1H3. The van der Waals surface area contributed by atoms with E-state index < -0.39 is 16.0 Å². The van der Waals surface area contributed by atoms with E-state index in [1.807, 2.05) is 0 Å². The number of ether oxygens (including phenoxy) is 2. The first-order chi connectivity index (χ1) is 13.0. The van der Waals surface area contributed by atoms with Crippen molar-refractivity contribution in [2.45, 2.75) is 30.6 Å². The Kier molecular flexibility index (Phi) is 6.13. The average molecular weight is 389 g/mol. The van der Waals surface area contributed by atoms with Gasteiger partial charge in [0.05, 0.1) is 17.6 Å². The summed E-state index contributed by atoms with van der Waals surface area (Å²) in [5.74, 6) is 0.513. The summed E-state index contributed by atoms with van der Waals surface area (Å²) < 4.78 is 37.4. The number of carbonyl (C=O) groups excluding carboxylic acids is 1. The molecule has 0 saturated carbocycles. The number of benzene rings is 2. The van der Waals surface area contributed by atoms with Crippen LogP contribution < -0.4 is 9.47 Å². The quantitative estimate of drug-likeness (QED) is 0.578. The van der Waals surface area contributed by atoms with Crippen molar-refractivity contribution >= 4 is 16.0 Å². The van der Waals surface area contributed by atoms with Gasteiger partial charge in [-0.15, -0.1) is 0 Å². The van der Waals surface area contributed by atoms with E-state index in [1.165, 1.54) is 28.6 Å². The van der Waals surface area contributed by atoms with Gasteiger partial charge in [0.1, 0.15) is 11.5 Å². The molecule has 2 aromatic carbocycles. The summed E-state index contributed by atoms with van der Waals surface area (Å²) >= 11 is 0. The zero-order valence-electron chi connectivity index (χ0n) is 15.3. The minimum atomic E-state index is -3.53. The van der Waals surface area contributed by atoms with Gasteiger partial charge in [-0.1, -0.05) is 12.8 Å². The average Bonchev–Trinajstić information content (AvgIpc) is 2.99. The number of carbonyl (C=O) groups is 1. The minimum absolute atomic E-state index is 0.199. The molecule has 1 aliphatic rings. The first-order valence-corrected chi connectivity index (χ1v) is 10.4. The van der Waals surface area contributed by atoms with Crippen LogP contribution in [-0.2, 0) is 10.0 Å². The van der Waals surface area contributed by atoms with Crippen LogP contribution in [0.4, 0.5) is 0 Å². The Balaban J connectivity index is 1.70. The molecule has 0 bridgehead atoms. The molecule has 1 heterocycles. The van der Waals surface area contributed by atoms with Crippen LogP contribution in [0.2, 0.25) is 0 Å². The van der Waals surface area contributed by atoms with Gasteiger partial charge in [-0.2, -0.15) is 4.31 Å². The maximum atomic E-state index is 12.8. The second-order valence-corrected chi connectivity index (χ2v) is 8.35. The van der Waals surface area contributed by atoms with Crippen molar-refractivity contribution in [2.75, 3.05) is 20.2 Å². The zero-order valence-corrected chi connectivity index (χ0v) is 16.1. The van der Waals surface area contributed by atoms with Gasteiger partial charge >= 0.3 is 5.97 Å². The molecule has 0 unspecified atom stereocenters. The van der Waals surface area contributed by atoms with Crippen molar-refractivity contribution in [3.63, 3.8) is 0 Å². The first kappa shape index (κ1) is 19.4. The fourth-order valence-corrected chi connectivity index (χ4v) is 4.52. The van der Waals surface area contributed by atoms with E-state index in [0.29, 0.717) is 30.2 Å². The summed E-state index contributed by atoms with van der Waals surface area (Å²) in [4.78, 5) is 12.5. The Hall–Kier alpha value is -2.38. The highest BCUT2D eigenvalue weighted by Gasteiger charge is 2.25. The SMILES string of the molecule is COc1ccc(OC(=O)c2ccc(S(=O)(=O)N3CCCCCC3)cc2)cc1. The molecule has 1 fully saturated rings. The summed E-state index contributed by atoms with van der Waals surface area (Å²) in [6.45, 7) is 1.09. The lowest BCUT2D eigenvalue weighted by molar-refractivity contribution is 0.0734. The number of hydrogen-bond acceptors (Lipinski definition) is 5. The monoisotopic (exact) mass is 389 g/mol. The van der Waals surface area contributed by atoms with E-state index in [9.17, 15) is 13.2 Å². The Labute approximate surface area is 159 Å². The van der Waals surface area contributed by atoms with Crippen molar-refractivity contribution in [3.05, 3.63) is 54.1 Å². The van der Waals surface area contributed by atoms with Crippen molar-refractivity contribution in [1.82, 2.24) is 4.31 Å². The summed E-state index contributed by atoms with van der Waals surface area (Å²) in [6, 6.07) is 12.5. The highest BCUT2D eigenvalue weighted by molar-refractivity contribution is 7.89. The summed E-state index contributed by atoms with van der Waals surface area (Å²) in [6.07, 6.45) is 3.88. The summed E-state index contributed by atoms with van der Waals surface area (Å²) in [5.41, 5.74) is 0.292. The number of rotatable bonds is 5. The minimum Gasteiger partial charge on any atom is -0.497 e. The van der Waals surface area contributed by atoms with E-state index in [4.69, 9.17) is 9.47 Å². The molecule has 6 nitrogen and oxygen atoms in total. The van der Waals surface area contributed by atoms with Gasteiger partial charge in [-0.05, 0) is 61.4 Å². The topological polar surface area (TPSA) is 72.9 Å². The van der Waals surface area contributed by atoms with Crippen LogP contribution in [0.1, 0.15) is 36.0 Å². The first-order valence-electron chi connectivity index (χ1n) is 8.97. The Morgan fingerprint density at radius 3 is 1.96 bits per heavy atom. The predicted molar refractivity (Wildman–Crippen MR) is 102 cm³/mol. The maximum Gasteiger partial charge on any atom is 0.343 e. The normalized spacial score (nSPS) is 15.7. The maximum absolute atomic E-state index is 12.8. The molecule has 0 N–H and O–H groups in total. The molecule has 2 aromatic rings. The lowest BCUT2D eigenvalue weighted by Gasteiger charge is -2.19. The van der Waals surface area contributed by atoms with Gasteiger partial charge in [0, 0.05) is 13.1 Å². The van der Waals surface area contributed by atoms with Crippen molar-refractivity contribution in [3.8, 4) is 11.5 Å². The Bertz CT molecular complexity index is 868. The third-order valence-electron chi connectivity index (χ3n) is 4.56. The number of hydrogen-bond donors (Lipinski definition) is 0. The highest BCUT2D eigenvalue weighted by atomic mass is 32.2. The van der Waals surface area contributed by atoms with E-state index in [0.717, 1.165) is 25.7 Å². The molecule has 7 heteroatoms. The number of nitrogens with zero attached hydrogens (tertiary/aromatic N) is 1. The van der Waals surface area contributed by atoms with Crippen molar-refractivity contribution in [2.24, 2.45) is 0 Å². The van der Waals surface area contributed by atoms with Crippen molar-refractivity contribution in [1.29, 1.82) is 0 Å². The van der Waals surface area contributed by atoms with Crippen molar-refractivity contribution < 1.29 is 22.7 Å². The molecule has 27 heavy (non-hydrogen) atoms. The van der Waals surface area contributed by atoms with Crippen LogP contribution >= 0.6 is 0 Å². The van der Waals surface area contributed by atoms with Gasteiger partial charge in [0.15, 0.2) is 0 Å². The van der Waals surface area contributed by atoms with E-state index in [-0.39, 0.29) is 4.90 Å². The van der Waals surface area contributed by atoms with Crippen LogP contribution in [0.5, 0.6) is 11.5 Å². The number of esters is 1. The predicted octanol–water partition coefficient (Wildman–Crippen LogP) is 3.48. The van der Waals surface area contributed by atoms with Gasteiger partial charge in [-0.25, -0.2) is 13.2 Å². The molecule has 3 rings (SSSR count). The van der Waals surface area contributed by atoms with Gasteiger partial charge < -0.3 is 9.47 Å². The molecule has 1 saturated heterocycles. The van der Waals surface area contributed by atoms with E-state index in [2.05, 4.69) is 0 Å². The van der Waals surface area contributed by atoms with Gasteiger partial charge in [0.2, 0.25) is 10.0 Å². The largest absolute Gasteiger partial charge is 0.497 e. The molecule has 0 spiro atoms. The van der Waals surface area contributed by atoms with Crippen LogP contribution in [0, 0.1) is 0 Å². The van der Waals surface area contributed by atoms with E-state index in [1.54, 1.807) is 31.4 Å². The number of methoxy groups -OCH3 is 1. The molecule has 0 aromatic heterocycles. The van der Waals surface area contributed by atoms with Crippen LogP contribution in [-0.4, -0.2) is 38.9 Å². The lowest BCUT2D eigenvalue weighted by Crippen LogP contribution is -2.31. The van der Waals surface area contributed by atoms with Crippen LogP contribution in [0.15, 0.2) is 53.4 Å². The molecule has 0 atom stereocenters. The zero-order chi connectivity index (χ0) is 19.3. The van der Waals surface area contributed by atoms with E-state index >= 15 is 0 Å². The van der Waals surface area contributed by atoms with Gasteiger partial charge in [0.25, 0.3) is 0 Å². The Morgan fingerprint density at radius 2 is 1.41 bits per heavy atom. The number of sulfonamides is 1. The highest BCUT2D eigenvalue weighted by Crippen LogP contribution is 2.22. The van der Waals surface area contributed by atoms with Crippen LogP contribution in [0.25, 0.3) is 0 Å². The third kappa shape index (κ3) is 4.67. The molecular weight excluding hydrogens is 366 g/mol. The molecule has 144 valence electrons. The molecule has 0 aliphatic carbocycles.